The second-order valence-corrected chi connectivity index (χ2v) is 3.27. The van der Waals surface area contributed by atoms with Gasteiger partial charge < -0.3 is 0 Å². The number of ketones is 1. The molecular weight excluding hydrogens is 236 g/mol. The van der Waals surface area contributed by atoms with Gasteiger partial charge in [0, 0.05) is 5.56 Å². The normalized spacial score (nSPS) is 11.6. The van der Waals surface area contributed by atoms with Gasteiger partial charge in [-0.1, -0.05) is 11.6 Å². The number of Topliss-reactive ketones (excluding diaryl/α,β-unsaturated/α-hetero) is 1. The predicted octanol–water partition coefficient (Wildman–Crippen LogP) is 3.70. The maximum atomic E-state index is 12.9. The maximum Gasteiger partial charge on any atom is 0.419 e. The summed E-state index contributed by atoms with van der Waals surface area (Å²) in [6.07, 6.45) is -4.83. The van der Waals surface area contributed by atoms with Gasteiger partial charge in [-0.2, -0.15) is 13.2 Å². The van der Waals surface area contributed by atoms with Crippen molar-refractivity contribution in [2.75, 3.05) is 0 Å². The zero-order valence-corrected chi connectivity index (χ0v) is 8.21. The molecule has 0 fully saturated rings. The molecule has 1 rings (SSSR count). The fraction of sp³-hybridized carbons (Fsp3) is 0.222. The lowest BCUT2D eigenvalue weighted by Crippen LogP contribution is -2.10. The molecule has 82 valence electrons. The minimum atomic E-state index is -4.83. The lowest BCUT2D eigenvalue weighted by atomic mass is 10.1. The zero-order valence-electron chi connectivity index (χ0n) is 7.45. The SMILES string of the molecule is CC(=O)c1cc(C(F)(F)F)c(F)cc1Cl. The van der Waals surface area contributed by atoms with E-state index in [-0.39, 0.29) is 10.6 Å². The Kier molecular flexibility index (Phi) is 3.04. The topological polar surface area (TPSA) is 17.1 Å². The van der Waals surface area contributed by atoms with Crippen molar-refractivity contribution < 1.29 is 22.4 Å². The van der Waals surface area contributed by atoms with Crippen molar-refractivity contribution in [3.63, 3.8) is 0 Å². The molecule has 0 aliphatic carbocycles. The standard InChI is InChI=1S/C9H5ClF4O/c1-4(15)5-2-6(9(12,13)14)8(11)3-7(5)10/h2-3H,1H3. The number of hydrogen-bond acceptors (Lipinski definition) is 1. The molecule has 1 aromatic carbocycles. The summed E-state index contributed by atoms with van der Waals surface area (Å²) in [5.41, 5.74) is -1.83. The van der Waals surface area contributed by atoms with Crippen LogP contribution >= 0.6 is 11.6 Å². The number of benzene rings is 1. The molecular formula is C9H5ClF4O. The summed E-state index contributed by atoms with van der Waals surface area (Å²) < 4.78 is 49.6. The van der Waals surface area contributed by atoms with Gasteiger partial charge >= 0.3 is 6.18 Å². The average Bonchev–Trinajstić information content (AvgIpc) is 2.00. The van der Waals surface area contributed by atoms with Gasteiger partial charge in [-0.25, -0.2) is 4.39 Å². The molecule has 0 atom stereocenters. The number of rotatable bonds is 1. The predicted molar refractivity (Wildman–Crippen MR) is 46.4 cm³/mol. The van der Waals surface area contributed by atoms with Gasteiger partial charge in [0.15, 0.2) is 5.78 Å². The Balaban J connectivity index is 3.43. The molecule has 0 amide bonds. The van der Waals surface area contributed by atoms with Crippen molar-refractivity contribution in [1.82, 2.24) is 0 Å². The Bertz CT molecular complexity index is 411. The van der Waals surface area contributed by atoms with Crippen molar-refractivity contribution in [3.05, 3.63) is 34.1 Å². The van der Waals surface area contributed by atoms with Crippen molar-refractivity contribution in [3.8, 4) is 0 Å². The Morgan fingerprint density at radius 1 is 1.33 bits per heavy atom. The first-order valence-electron chi connectivity index (χ1n) is 3.80. The molecule has 0 saturated carbocycles. The highest BCUT2D eigenvalue weighted by Crippen LogP contribution is 2.34. The summed E-state index contributed by atoms with van der Waals surface area (Å²) in [4.78, 5) is 10.9. The fourth-order valence-electron chi connectivity index (χ4n) is 1.04. The number of hydrogen-bond donors (Lipinski definition) is 0. The van der Waals surface area contributed by atoms with Crippen LogP contribution in [-0.4, -0.2) is 5.78 Å². The van der Waals surface area contributed by atoms with Crippen molar-refractivity contribution in [1.29, 1.82) is 0 Å². The van der Waals surface area contributed by atoms with E-state index in [9.17, 15) is 22.4 Å². The molecule has 6 heteroatoms. The molecule has 0 radical (unpaired) electrons. The molecule has 15 heavy (non-hydrogen) atoms. The number of alkyl halides is 3. The van der Waals surface area contributed by atoms with Gasteiger partial charge in [-0.3, -0.25) is 4.79 Å². The van der Waals surface area contributed by atoms with Crippen molar-refractivity contribution in [2.24, 2.45) is 0 Å². The third-order valence-electron chi connectivity index (χ3n) is 1.74. The Morgan fingerprint density at radius 2 is 1.87 bits per heavy atom. The third kappa shape index (κ3) is 2.47. The summed E-state index contributed by atoms with van der Waals surface area (Å²) in [5, 5.41) is -0.326. The number of carbonyl (C=O) groups excluding carboxylic acids is 1. The van der Waals surface area contributed by atoms with Crippen molar-refractivity contribution in [2.45, 2.75) is 13.1 Å². The van der Waals surface area contributed by atoms with Crippen LogP contribution in [0.25, 0.3) is 0 Å². The van der Waals surface area contributed by atoms with Gasteiger partial charge in [0.1, 0.15) is 5.82 Å². The van der Waals surface area contributed by atoms with Crippen molar-refractivity contribution >= 4 is 17.4 Å². The van der Waals surface area contributed by atoms with Crippen LogP contribution in [0.1, 0.15) is 22.8 Å². The van der Waals surface area contributed by atoms with E-state index in [1.54, 1.807) is 0 Å². The number of carbonyl (C=O) groups is 1. The first kappa shape index (κ1) is 12.0. The molecule has 0 spiro atoms. The molecule has 0 heterocycles. The molecule has 0 bridgehead atoms. The van der Waals surface area contributed by atoms with Crippen LogP contribution in [0.4, 0.5) is 17.6 Å². The largest absolute Gasteiger partial charge is 0.419 e. The van der Waals surface area contributed by atoms with E-state index >= 15 is 0 Å². The lowest BCUT2D eigenvalue weighted by molar-refractivity contribution is -0.140. The maximum absolute atomic E-state index is 12.9. The van der Waals surface area contributed by atoms with E-state index in [1.165, 1.54) is 0 Å². The quantitative estimate of drug-likeness (QED) is 0.540. The van der Waals surface area contributed by atoms with E-state index < -0.39 is 23.3 Å². The van der Waals surface area contributed by atoms with Crippen LogP contribution in [0, 0.1) is 5.82 Å². The highest BCUT2D eigenvalue weighted by molar-refractivity contribution is 6.33. The average molecular weight is 241 g/mol. The van der Waals surface area contributed by atoms with E-state index in [2.05, 4.69) is 0 Å². The van der Waals surface area contributed by atoms with Crippen LogP contribution in [-0.2, 0) is 6.18 Å². The molecule has 0 unspecified atom stereocenters. The summed E-state index contributed by atoms with van der Waals surface area (Å²) in [5.74, 6) is -2.14. The second kappa shape index (κ2) is 3.81. The Labute approximate surface area is 87.7 Å². The van der Waals surface area contributed by atoms with E-state index in [4.69, 9.17) is 11.6 Å². The number of halogens is 5. The van der Waals surface area contributed by atoms with Gasteiger partial charge in [-0.05, 0) is 19.1 Å². The van der Waals surface area contributed by atoms with Crippen LogP contribution in [0.15, 0.2) is 12.1 Å². The lowest BCUT2D eigenvalue weighted by Gasteiger charge is -2.10. The fourth-order valence-corrected chi connectivity index (χ4v) is 1.32. The summed E-state index contributed by atoms with van der Waals surface area (Å²) in [7, 11) is 0. The van der Waals surface area contributed by atoms with Gasteiger partial charge in [0.05, 0.1) is 10.6 Å². The first-order chi connectivity index (χ1) is 6.73. The summed E-state index contributed by atoms with van der Waals surface area (Å²) >= 11 is 5.42. The molecule has 0 saturated heterocycles. The van der Waals surface area contributed by atoms with Gasteiger partial charge in [-0.15, -0.1) is 0 Å². The van der Waals surface area contributed by atoms with Crippen LogP contribution in [0.2, 0.25) is 5.02 Å². The highest BCUT2D eigenvalue weighted by atomic mass is 35.5. The van der Waals surface area contributed by atoms with Gasteiger partial charge in [0.2, 0.25) is 0 Å². The van der Waals surface area contributed by atoms with Gasteiger partial charge in [0.25, 0.3) is 0 Å². The molecule has 1 aromatic rings. The summed E-state index contributed by atoms with van der Waals surface area (Å²) in [6, 6.07) is 0.904. The van der Waals surface area contributed by atoms with Crippen LogP contribution < -0.4 is 0 Å². The monoisotopic (exact) mass is 240 g/mol. The molecule has 0 aromatic heterocycles. The molecule has 0 aliphatic rings. The highest BCUT2D eigenvalue weighted by Gasteiger charge is 2.35. The third-order valence-corrected chi connectivity index (χ3v) is 2.05. The smallest absolute Gasteiger partial charge is 0.294 e. The van der Waals surface area contributed by atoms with Crippen LogP contribution in [0.3, 0.4) is 0 Å². The molecule has 0 N–H and O–H groups in total. The molecule has 0 aliphatic heterocycles. The second-order valence-electron chi connectivity index (χ2n) is 2.87. The zero-order chi connectivity index (χ0) is 11.8. The minimum Gasteiger partial charge on any atom is -0.294 e. The Hall–Kier alpha value is -1.10. The minimum absolute atomic E-state index is 0.326. The van der Waals surface area contributed by atoms with E-state index in [0.29, 0.717) is 12.1 Å². The Morgan fingerprint density at radius 3 is 2.27 bits per heavy atom. The van der Waals surface area contributed by atoms with Crippen LogP contribution in [0.5, 0.6) is 0 Å². The summed E-state index contributed by atoms with van der Waals surface area (Å²) in [6.45, 7) is 1.05. The first-order valence-corrected chi connectivity index (χ1v) is 4.18. The van der Waals surface area contributed by atoms with E-state index in [1.807, 2.05) is 0 Å². The molecule has 1 nitrogen and oxygen atoms in total. The van der Waals surface area contributed by atoms with E-state index in [0.717, 1.165) is 6.92 Å².